The number of nitrogens with one attached hydrogen (secondary N) is 1. The first-order chi connectivity index (χ1) is 8.16. The van der Waals surface area contributed by atoms with Crippen LogP contribution in [0.4, 0.5) is 5.69 Å². The van der Waals surface area contributed by atoms with Crippen molar-refractivity contribution in [2.75, 3.05) is 5.32 Å². The third-order valence-electron chi connectivity index (χ3n) is 3.24. The summed E-state index contributed by atoms with van der Waals surface area (Å²) in [7, 11) is 0. The van der Waals surface area contributed by atoms with Crippen LogP contribution in [0.25, 0.3) is 0 Å². The van der Waals surface area contributed by atoms with Crippen molar-refractivity contribution in [1.82, 2.24) is 4.98 Å². The second-order valence-corrected chi connectivity index (χ2v) is 4.61. The quantitative estimate of drug-likeness (QED) is 0.846. The molecule has 0 aromatic carbocycles. The van der Waals surface area contributed by atoms with Gasteiger partial charge in [-0.2, -0.15) is 5.26 Å². The molecule has 4 heteroatoms. The zero-order valence-electron chi connectivity index (χ0n) is 9.86. The van der Waals surface area contributed by atoms with E-state index in [2.05, 4.69) is 16.4 Å². The van der Waals surface area contributed by atoms with Crippen molar-refractivity contribution in [3.05, 3.63) is 24.0 Å². The number of carbonyl (C=O) groups is 1. The van der Waals surface area contributed by atoms with Crippen molar-refractivity contribution in [3.63, 3.8) is 0 Å². The largest absolute Gasteiger partial charge is 0.323 e. The van der Waals surface area contributed by atoms with Crippen LogP contribution in [0.2, 0.25) is 0 Å². The molecular formula is C13H15N3O. The van der Waals surface area contributed by atoms with Crippen LogP contribution in [0.3, 0.4) is 0 Å². The standard InChI is InChI=1S/C13H15N3O/c1-10-6-11(8-15-7-10)16-12(17)13(9-14)4-2-3-5-13/h6-8H,2-5H2,1H3,(H,16,17). The predicted molar refractivity (Wildman–Crippen MR) is 64.1 cm³/mol. The van der Waals surface area contributed by atoms with Gasteiger partial charge in [-0.25, -0.2) is 0 Å². The monoisotopic (exact) mass is 229 g/mol. The molecule has 88 valence electrons. The molecule has 1 aliphatic carbocycles. The summed E-state index contributed by atoms with van der Waals surface area (Å²) >= 11 is 0. The molecule has 2 rings (SSSR count). The van der Waals surface area contributed by atoms with Crippen LogP contribution in [0.15, 0.2) is 18.5 Å². The van der Waals surface area contributed by atoms with E-state index in [1.165, 1.54) is 0 Å². The maximum Gasteiger partial charge on any atom is 0.244 e. The van der Waals surface area contributed by atoms with Crippen molar-refractivity contribution < 1.29 is 4.79 Å². The molecule has 0 saturated heterocycles. The number of aromatic nitrogens is 1. The molecule has 0 aliphatic heterocycles. The minimum Gasteiger partial charge on any atom is -0.323 e. The molecule has 1 saturated carbocycles. The van der Waals surface area contributed by atoms with Gasteiger partial charge in [-0.1, -0.05) is 12.8 Å². The molecule has 1 heterocycles. The average molecular weight is 229 g/mol. The third-order valence-corrected chi connectivity index (χ3v) is 3.24. The molecule has 0 atom stereocenters. The van der Waals surface area contributed by atoms with Crippen LogP contribution >= 0.6 is 0 Å². The highest BCUT2D eigenvalue weighted by Crippen LogP contribution is 2.38. The lowest BCUT2D eigenvalue weighted by Gasteiger charge is -2.19. The second-order valence-electron chi connectivity index (χ2n) is 4.61. The van der Waals surface area contributed by atoms with Gasteiger partial charge in [0.1, 0.15) is 5.41 Å². The first-order valence-corrected chi connectivity index (χ1v) is 5.81. The van der Waals surface area contributed by atoms with Gasteiger partial charge in [0.15, 0.2) is 0 Å². The van der Waals surface area contributed by atoms with Crippen molar-refractivity contribution in [1.29, 1.82) is 5.26 Å². The minimum absolute atomic E-state index is 0.190. The van der Waals surface area contributed by atoms with Crippen molar-refractivity contribution in [2.45, 2.75) is 32.6 Å². The number of aryl methyl sites for hydroxylation is 1. The molecule has 0 spiro atoms. The molecule has 1 fully saturated rings. The Labute approximate surface area is 101 Å². The maximum absolute atomic E-state index is 12.1. The lowest BCUT2D eigenvalue weighted by molar-refractivity contribution is -0.122. The molecule has 1 N–H and O–H groups in total. The zero-order chi connectivity index (χ0) is 12.3. The van der Waals surface area contributed by atoms with E-state index in [0.29, 0.717) is 18.5 Å². The smallest absolute Gasteiger partial charge is 0.244 e. The van der Waals surface area contributed by atoms with Gasteiger partial charge in [-0.3, -0.25) is 9.78 Å². The first kappa shape index (κ1) is 11.6. The van der Waals surface area contributed by atoms with Gasteiger partial charge in [-0.05, 0) is 31.4 Å². The van der Waals surface area contributed by atoms with Crippen LogP contribution in [-0.2, 0) is 4.79 Å². The molecule has 1 aromatic rings. The number of anilines is 1. The van der Waals surface area contributed by atoms with Gasteiger partial charge < -0.3 is 5.32 Å². The van der Waals surface area contributed by atoms with E-state index in [9.17, 15) is 10.1 Å². The van der Waals surface area contributed by atoms with E-state index in [1.54, 1.807) is 12.4 Å². The number of pyridine rings is 1. The SMILES string of the molecule is Cc1cncc(NC(=O)C2(C#N)CCCC2)c1. The molecule has 17 heavy (non-hydrogen) atoms. The summed E-state index contributed by atoms with van der Waals surface area (Å²) in [5.74, 6) is -0.190. The Morgan fingerprint density at radius 3 is 2.76 bits per heavy atom. The molecule has 1 aliphatic rings. The Balaban J connectivity index is 2.14. The number of rotatable bonds is 2. The van der Waals surface area contributed by atoms with Crippen LogP contribution in [0.5, 0.6) is 0 Å². The van der Waals surface area contributed by atoms with Crippen LogP contribution in [0.1, 0.15) is 31.2 Å². The van der Waals surface area contributed by atoms with E-state index in [4.69, 9.17) is 0 Å². The van der Waals surface area contributed by atoms with Crippen LogP contribution in [0, 0.1) is 23.7 Å². The predicted octanol–water partition coefficient (Wildman–Crippen LogP) is 2.41. The summed E-state index contributed by atoms with van der Waals surface area (Å²) in [4.78, 5) is 16.1. The zero-order valence-corrected chi connectivity index (χ0v) is 9.86. The highest BCUT2D eigenvalue weighted by molar-refractivity contribution is 5.97. The number of amides is 1. The fourth-order valence-electron chi connectivity index (χ4n) is 2.24. The highest BCUT2D eigenvalue weighted by atomic mass is 16.2. The van der Waals surface area contributed by atoms with E-state index >= 15 is 0 Å². The molecule has 1 aromatic heterocycles. The van der Waals surface area contributed by atoms with Gasteiger partial charge in [0.05, 0.1) is 18.0 Å². The van der Waals surface area contributed by atoms with Gasteiger partial charge >= 0.3 is 0 Å². The van der Waals surface area contributed by atoms with Gasteiger partial charge in [-0.15, -0.1) is 0 Å². The molecule has 0 bridgehead atoms. The number of nitriles is 1. The summed E-state index contributed by atoms with van der Waals surface area (Å²) in [6, 6.07) is 4.03. The molecule has 4 nitrogen and oxygen atoms in total. The van der Waals surface area contributed by atoms with E-state index in [1.807, 2.05) is 13.0 Å². The lowest BCUT2D eigenvalue weighted by atomic mass is 9.87. The summed E-state index contributed by atoms with van der Waals surface area (Å²) in [6.07, 6.45) is 6.56. The number of carbonyl (C=O) groups excluding carboxylic acids is 1. The molecule has 0 unspecified atom stereocenters. The molecule has 1 amide bonds. The summed E-state index contributed by atoms with van der Waals surface area (Å²) in [5, 5.41) is 12.0. The Kier molecular flexibility index (Phi) is 3.10. The third kappa shape index (κ3) is 2.28. The Bertz CT molecular complexity index is 470. The van der Waals surface area contributed by atoms with Gasteiger partial charge in [0, 0.05) is 6.20 Å². The Morgan fingerprint density at radius 1 is 1.47 bits per heavy atom. The fourth-order valence-corrected chi connectivity index (χ4v) is 2.24. The van der Waals surface area contributed by atoms with Crippen LogP contribution in [-0.4, -0.2) is 10.9 Å². The summed E-state index contributed by atoms with van der Waals surface area (Å²) in [6.45, 7) is 1.91. The number of hydrogen-bond acceptors (Lipinski definition) is 3. The van der Waals surface area contributed by atoms with Gasteiger partial charge in [0.25, 0.3) is 0 Å². The summed E-state index contributed by atoms with van der Waals surface area (Å²) in [5.41, 5.74) is 0.820. The van der Waals surface area contributed by atoms with E-state index in [0.717, 1.165) is 18.4 Å². The van der Waals surface area contributed by atoms with Crippen LogP contribution < -0.4 is 5.32 Å². The maximum atomic E-state index is 12.1. The van der Waals surface area contributed by atoms with E-state index < -0.39 is 5.41 Å². The molecule has 0 radical (unpaired) electrons. The Hall–Kier alpha value is -1.89. The fraction of sp³-hybridized carbons (Fsp3) is 0.462. The topological polar surface area (TPSA) is 65.8 Å². The van der Waals surface area contributed by atoms with Crippen molar-refractivity contribution in [2.24, 2.45) is 5.41 Å². The number of hydrogen-bond donors (Lipinski definition) is 1. The molecular weight excluding hydrogens is 214 g/mol. The summed E-state index contributed by atoms with van der Waals surface area (Å²) < 4.78 is 0. The Morgan fingerprint density at radius 2 is 2.18 bits per heavy atom. The minimum atomic E-state index is -0.830. The first-order valence-electron chi connectivity index (χ1n) is 5.81. The average Bonchev–Trinajstić information content (AvgIpc) is 2.78. The van der Waals surface area contributed by atoms with Crippen molar-refractivity contribution in [3.8, 4) is 6.07 Å². The normalized spacial score (nSPS) is 17.4. The number of nitrogens with zero attached hydrogens (tertiary/aromatic N) is 2. The lowest BCUT2D eigenvalue weighted by Crippen LogP contribution is -2.32. The van der Waals surface area contributed by atoms with Gasteiger partial charge in [0.2, 0.25) is 5.91 Å². The van der Waals surface area contributed by atoms with Crippen molar-refractivity contribution >= 4 is 11.6 Å². The highest BCUT2D eigenvalue weighted by Gasteiger charge is 2.41. The second kappa shape index (κ2) is 4.54. The van der Waals surface area contributed by atoms with E-state index in [-0.39, 0.29) is 5.91 Å².